The molecule has 0 radical (unpaired) electrons. The molecule has 0 saturated heterocycles. The van der Waals surface area contributed by atoms with Crippen LogP contribution in [0.25, 0.3) is 0 Å². The molecule has 0 bridgehead atoms. The zero-order valence-electron chi connectivity index (χ0n) is 10.7. The number of rotatable bonds is 5. The topological polar surface area (TPSA) is 77.3 Å². The lowest BCUT2D eigenvalue weighted by molar-refractivity contribution is -0.385. The minimum absolute atomic E-state index is 0.00799. The van der Waals surface area contributed by atoms with Crippen LogP contribution < -0.4 is 10.1 Å². The Labute approximate surface area is 114 Å². The van der Waals surface area contributed by atoms with E-state index in [0.29, 0.717) is 6.54 Å². The molecular weight excluding hydrogens is 265 g/mol. The Morgan fingerprint density at radius 3 is 2.70 bits per heavy atom. The molecular formula is C13H12FN3O3. The number of methoxy groups -OCH3 is 1. The van der Waals surface area contributed by atoms with Gasteiger partial charge >= 0.3 is 5.69 Å². The summed E-state index contributed by atoms with van der Waals surface area (Å²) in [5, 5.41) is 13.6. The molecule has 2 rings (SSSR count). The Morgan fingerprint density at radius 1 is 1.40 bits per heavy atom. The van der Waals surface area contributed by atoms with E-state index in [-0.39, 0.29) is 11.4 Å². The highest BCUT2D eigenvalue weighted by Gasteiger charge is 2.19. The van der Waals surface area contributed by atoms with Crippen molar-refractivity contribution in [3.63, 3.8) is 0 Å². The number of nitro benzene ring substituents is 1. The number of ether oxygens (including phenoxy) is 1. The molecule has 1 aromatic carbocycles. The van der Waals surface area contributed by atoms with E-state index >= 15 is 0 Å². The van der Waals surface area contributed by atoms with Crippen LogP contribution in [0.1, 0.15) is 5.56 Å². The van der Waals surface area contributed by atoms with Crippen LogP contribution in [0.15, 0.2) is 36.7 Å². The fourth-order valence-electron chi connectivity index (χ4n) is 1.68. The van der Waals surface area contributed by atoms with Crippen LogP contribution in [-0.2, 0) is 6.54 Å². The molecule has 104 valence electrons. The second-order valence-corrected chi connectivity index (χ2v) is 3.97. The van der Waals surface area contributed by atoms with Gasteiger partial charge in [0.15, 0.2) is 11.6 Å². The fraction of sp³-hybridized carbons (Fsp3) is 0.154. The molecule has 2 aromatic rings. The summed E-state index contributed by atoms with van der Waals surface area (Å²) >= 11 is 0. The Morgan fingerprint density at radius 2 is 2.10 bits per heavy atom. The van der Waals surface area contributed by atoms with E-state index in [1.165, 1.54) is 13.2 Å². The van der Waals surface area contributed by atoms with Crippen molar-refractivity contribution in [3.05, 3.63) is 58.2 Å². The monoisotopic (exact) mass is 277 g/mol. The third-order valence-corrected chi connectivity index (χ3v) is 2.70. The molecule has 0 aliphatic carbocycles. The zero-order valence-corrected chi connectivity index (χ0v) is 10.7. The average molecular weight is 277 g/mol. The predicted molar refractivity (Wildman–Crippen MR) is 71.2 cm³/mol. The lowest BCUT2D eigenvalue weighted by atomic mass is 10.2. The smallest absolute Gasteiger partial charge is 0.313 e. The maximum absolute atomic E-state index is 13.8. The van der Waals surface area contributed by atoms with E-state index in [9.17, 15) is 14.5 Å². The van der Waals surface area contributed by atoms with Gasteiger partial charge in [-0.2, -0.15) is 0 Å². The van der Waals surface area contributed by atoms with Gasteiger partial charge in [0.2, 0.25) is 0 Å². The van der Waals surface area contributed by atoms with Gasteiger partial charge in [-0.1, -0.05) is 0 Å². The van der Waals surface area contributed by atoms with Crippen LogP contribution >= 0.6 is 0 Å². The molecule has 0 unspecified atom stereocenters. The molecule has 0 amide bonds. The van der Waals surface area contributed by atoms with E-state index < -0.39 is 16.4 Å². The summed E-state index contributed by atoms with van der Waals surface area (Å²) in [5.74, 6) is -0.694. The van der Waals surface area contributed by atoms with Crippen LogP contribution in [0.4, 0.5) is 15.8 Å². The van der Waals surface area contributed by atoms with Crippen molar-refractivity contribution in [3.8, 4) is 5.75 Å². The Kier molecular flexibility index (Phi) is 4.09. The lowest BCUT2D eigenvalue weighted by Gasteiger charge is -2.09. The maximum atomic E-state index is 13.8. The van der Waals surface area contributed by atoms with Gasteiger partial charge in [-0.15, -0.1) is 0 Å². The number of nitrogens with zero attached hydrogens (tertiary/aromatic N) is 2. The molecule has 0 saturated carbocycles. The number of nitro groups is 1. The summed E-state index contributed by atoms with van der Waals surface area (Å²) < 4.78 is 18.7. The van der Waals surface area contributed by atoms with Gasteiger partial charge in [-0.25, -0.2) is 4.39 Å². The van der Waals surface area contributed by atoms with E-state index in [4.69, 9.17) is 4.74 Å². The third-order valence-electron chi connectivity index (χ3n) is 2.70. The molecule has 0 aliphatic heterocycles. The Balaban J connectivity index is 2.22. The zero-order chi connectivity index (χ0) is 14.5. The number of hydrogen-bond acceptors (Lipinski definition) is 5. The standard InChI is InChI=1S/C13H12FN3O3/c1-20-13-7-11(10(14)6-12(13)17(18)19)16-8-9-2-4-15-5-3-9/h2-7,16H,8H2,1H3. The Hall–Kier alpha value is -2.70. The molecule has 1 aromatic heterocycles. The number of aromatic nitrogens is 1. The van der Waals surface area contributed by atoms with Gasteiger partial charge in [-0.3, -0.25) is 15.1 Å². The first kappa shape index (κ1) is 13.7. The van der Waals surface area contributed by atoms with Crippen molar-refractivity contribution in [2.24, 2.45) is 0 Å². The van der Waals surface area contributed by atoms with Crippen LogP contribution in [-0.4, -0.2) is 17.0 Å². The summed E-state index contributed by atoms with van der Waals surface area (Å²) in [6.45, 7) is 0.375. The summed E-state index contributed by atoms with van der Waals surface area (Å²) in [4.78, 5) is 13.9. The highest BCUT2D eigenvalue weighted by Crippen LogP contribution is 2.32. The minimum Gasteiger partial charge on any atom is -0.490 e. The second-order valence-electron chi connectivity index (χ2n) is 3.97. The first-order chi connectivity index (χ1) is 9.61. The van der Waals surface area contributed by atoms with Crippen LogP contribution in [0.2, 0.25) is 0 Å². The molecule has 0 atom stereocenters. The van der Waals surface area contributed by atoms with Crippen molar-refractivity contribution >= 4 is 11.4 Å². The molecule has 20 heavy (non-hydrogen) atoms. The van der Waals surface area contributed by atoms with E-state index in [1.807, 2.05) is 0 Å². The van der Waals surface area contributed by atoms with Crippen molar-refractivity contribution in [1.29, 1.82) is 0 Å². The van der Waals surface area contributed by atoms with Gasteiger partial charge < -0.3 is 10.1 Å². The van der Waals surface area contributed by atoms with E-state index in [2.05, 4.69) is 10.3 Å². The normalized spacial score (nSPS) is 10.1. The molecule has 1 N–H and O–H groups in total. The van der Waals surface area contributed by atoms with Gasteiger partial charge in [0.1, 0.15) is 0 Å². The second kappa shape index (κ2) is 5.96. The fourth-order valence-corrected chi connectivity index (χ4v) is 1.68. The van der Waals surface area contributed by atoms with Crippen LogP contribution in [0, 0.1) is 15.9 Å². The first-order valence-electron chi connectivity index (χ1n) is 5.76. The van der Waals surface area contributed by atoms with Crippen molar-refractivity contribution < 1.29 is 14.1 Å². The van der Waals surface area contributed by atoms with Crippen LogP contribution in [0.5, 0.6) is 5.75 Å². The molecule has 0 fully saturated rings. The average Bonchev–Trinajstić information content (AvgIpc) is 2.46. The largest absolute Gasteiger partial charge is 0.490 e. The molecule has 6 nitrogen and oxygen atoms in total. The summed E-state index contributed by atoms with van der Waals surface area (Å²) in [6, 6.07) is 5.68. The number of halogens is 1. The quantitative estimate of drug-likeness (QED) is 0.671. The highest BCUT2D eigenvalue weighted by molar-refractivity contribution is 5.59. The SMILES string of the molecule is COc1cc(NCc2ccncc2)c(F)cc1[N+](=O)[O-]. The van der Waals surface area contributed by atoms with E-state index in [0.717, 1.165) is 11.6 Å². The predicted octanol–water partition coefficient (Wildman–Crippen LogP) is 2.75. The first-order valence-corrected chi connectivity index (χ1v) is 5.76. The highest BCUT2D eigenvalue weighted by atomic mass is 19.1. The van der Waals surface area contributed by atoms with Crippen molar-refractivity contribution in [2.45, 2.75) is 6.54 Å². The molecule has 0 aliphatic rings. The molecule has 1 heterocycles. The number of nitrogens with one attached hydrogen (secondary N) is 1. The van der Waals surface area contributed by atoms with Gasteiger partial charge in [-0.05, 0) is 17.7 Å². The van der Waals surface area contributed by atoms with Crippen LogP contribution in [0.3, 0.4) is 0 Å². The Bertz CT molecular complexity index is 620. The number of anilines is 1. The molecule has 0 spiro atoms. The van der Waals surface area contributed by atoms with Crippen molar-refractivity contribution in [1.82, 2.24) is 4.98 Å². The minimum atomic E-state index is -0.702. The number of hydrogen-bond donors (Lipinski definition) is 1. The lowest BCUT2D eigenvalue weighted by Crippen LogP contribution is -2.03. The van der Waals surface area contributed by atoms with E-state index in [1.54, 1.807) is 24.5 Å². The third kappa shape index (κ3) is 3.00. The van der Waals surface area contributed by atoms with Gasteiger partial charge in [0.05, 0.1) is 23.8 Å². The summed E-state index contributed by atoms with van der Waals surface area (Å²) in [7, 11) is 1.30. The van der Waals surface area contributed by atoms with Gasteiger partial charge in [0, 0.05) is 25.0 Å². The van der Waals surface area contributed by atoms with Crippen molar-refractivity contribution in [2.75, 3.05) is 12.4 Å². The van der Waals surface area contributed by atoms with Gasteiger partial charge in [0.25, 0.3) is 0 Å². The molecule has 7 heteroatoms. The summed E-state index contributed by atoms with van der Waals surface area (Å²) in [5.41, 5.74) is 0.653. The number of benzene rings is 1. The summed E-state index contributed by atoms with van der Waals surface area (Å²) in [6.07, 6.45) is 3.26. The maximum Gasteiger partial charge on any atom is 0.313 e. The number of pyridine rings is 1.